The number of aromatic nitrogens is 2. The van der Waals surface area contributed by atoms with Crippen molar-refractivity contribution in [3.05, 3.63) is 41.7 Å². The van der Waals surface area contributed by atoms with Crippen LogP contribution >= 0.6 is 0 Å². The standard InChI is InChI=1S/C15H18F3N3O/c1-3-21-14(15(16,17)18)9-12(20-21)10-19-11-5-7-13(8-6-11)22-4-2/h5-9,19H,3-4,10H2,1-2H3. The van der Waals surface area contributed by atoms with E-state index in [1.165, 1.54) is 0 Å². The van der Waals surface area contributed by atoms with Crippen LogP contribution in [0.25, 0.3) is 0 Å². The zero-order valence-electron chi connectivity index (χ0n) is 12.4. The van der Waals surface area contributed by atoms with Crippen molar-refractivity contribution in [1.29, 1.82) is 0 Å². The maximum absolute atomic E-state index is 12.8. The molecule has 0 unspecified atom stereocenters. The van der Waals surface area contributed by atoms with Gasteiger partial charge in [0.25, 0.3) is 0 Å². The summed E-state index contributed by atoms with van der Waals surface area (Å²) in [5, 5.41) is 7.01. The predicted molar refractivity (Wildman–Crippen MR) is 77.8 cm³/mol. The second-order valence-electron chi connectivity index (χ2n) is 4.65. The molecule has 0 radical (unpaired) electrons. The summed E-state index contributed by atoms with van der Waals surface area (Å²) in [7, 11) is 0. The summed E-state index contributed by atoms with van der Waals surface area (Å²) >= 11 is 0. The van der Waals surface area contributed by atoms with Gasteiger partial charge in [-0.25, -0.2) is 0 Å². The molecular weight excluding hydrogens is 295 g/mol. The lowest BCUT2D eigenvalue weighted by Crippen LogP contribution is -2.13. The van der Waals surface area contributed by atoms with Crippen LogP contribution in [0.5, 0.6) is 5.75 Å². The normalized spacial score (nSPS) is 11.5. The van der Waals surface area contributed by atoms with Gasteiger partial charge in [-0.15, -0.1) is 0 Å². The van der Waals surface area contributed by atoms with Crippen molar-refractivity contribution >= 4 is 5.69 Å². The molecule has 0 amide bonds. The van der Waals surface area contributed by atoms with E-state index in [-0.39, 0.29) is 13.1 Å². The van der Waals surface area contributed by atoms with E-state index in [9.17, 15) is 13.2 Å². The number of aryl methyl sites for hydroxylation is 1. The number of hydrogen-bond donors (Lipinski definition) is 1. The van der Waals surface area contributed by atoms with Gasteiger partial charge in [0.2, 0.25) is 0 Å². The van der Waals surface area contributed by atoms with E-state index in [1.807, 2.05) is 19.1 Å². The molecule has 4 nitrogen and oxygen atoms in total. The van der Waals surface area contributed by atoms with Crippen molar-refractivity contribution < 1.29 is 17.9 Å². The SMILES string of the molecule is CCOc1ccc(NCc2cc(C(F)(F)F)n(CC)n2)cc1. The number of nitrogens with zero attached hydrogens (tertiary/aromatic N) is 2. The lowest BCUT2D eigenvalue weighted by atomic mass is 10.3. The van der Waals surface area contributed by atoms with Gasteiger partial charge in [-0.3, -0.25) is 4.68 Å². The zero-order valence-corrected chi connectivity index (χ0v) is 12.4. The molecule has 22 heavy (non-hydrogen) atoms. The smallest absolute Gasteiger partial charge is 0.433 e. The van der Waals surface area contributed by atoms with Crippen molar-refractivity contribution in [3.8, 4) is 5.75 Å². The van der Waals surface area contributed by atoms with Crippen LogP contribution in [0.4, 0.5) is 18.9 Å². The fraction of sp³-hybridized carbons (Fsp3) is 0.400. The van der Waals surface area contributed by atoms with E-state index < -0.39 is 11.9 Å². The minimum atomic E-state index is -4.39. The van der Waals surface area contributed by atoms with Crippen LogP contribution in [0.2, 0.25) is 0 Å². The van der Waals surface area contributed by atoms with Crippen molar-refractivity contribution in [2.75, 3.05) is 11.9 Å². The molecule has 0 fully saturated rings. The monoisotopic (exact) mass is 313 g/mol. The van der Waals surface area contributed by atoms with Crippen LogP contribution in [0.1, 0.15) is 25.2 Å². The second kappa shape index (κ2) is 6.72. The van der Waals surface area contributed by atoms with E-state index in [2.05, 4.69) is 10.4 Å². The Kier molecular flexibility index (Phi) is 4.95. The van der Waals surface area contributed by atoms with Crippen LogP contribution in [0, 0.1) is 0 Å². The Hall–Kier alpha value is -2.18. The topological polar surface area (TPSA) is 39.1 Å². The first-order valence-corrected chi connectivity index (χ1v) is 7.04. The third-order valence-electron chi connectivity index (χ3n) is 3.06. The molecule has 0 aliphatic carbocycles. The molecule has 1 heterocycles. The van der Waals surface area contributed by atoms with E-state index in [4.69, 9.17) is 4.74 Å². The Morgan fingerprint density at radius 3 is 2.36 bits per heavy atom. The number of rotatable bonds is 6. The second-order valence-corrected chi connectivity index (χ2v) is 4.65. The molecule has 1 aromatic carbocycles. The van der Waals surface area contributed by atoms with Gasteiger partial charge >= 0.3 is 6.18 Å². The Balaban J connectivity index is 2.03. The van der Waals surface area contributed by atoms with Crippen LogP contribution in [-0.2, 0) is 19.3 Å². The zero-order chi connectivity index (χ0) is 16.2. The van der Waals surface area contributed by atoms with Crippen molar-refractivity contribution in [2.24, 2.45) is 0 Å². The molecule has 7 heteroatoms. The molecule has 0 aliphatic rings. The van der Waals surface area contributed by atoms with Gasteiger partial charge in [-0.05, 0) is 44.2 Å². The summed E-state index contributed by atoms with van der Waals surface area (Å²) in [5.74, 6) is 0.752. The molecule has 2 aromatic rings. The van der Waals surface area contributed by atoms with Crippen molar-refractivity contribution in [3.63, 3.8) is 0 Å². The Morgan fingerprint density at radius 2 is 1.86 bits per heavy atom. The first-order chi connectivity index (χ1) is 10.4. The summed E-state index contributed by atoms with van der Waals surface area (Å²) in [5.41, 5.74) is 0.421. The molecule has 1 N–H and O–H groups in total. The van der Waals surface area contributed by atoms with Crippen molar-refractivity contribution in [2.45, 2.75) is 33.1 Å². The van der Waals surface area contributed by atoms with Crippen LogP contribution in [0.3, 0.4) is 0 Å². The maximum atomic E-state index is 12.8. The average Bonchev–Trinajstić information content (AvgIpc) is 2.90. The van der Waals surface area contributed by atoms with Crippen LogP contribution < -0.4 is 10.1 Å². The minimum absolute atomic E-state index is 0.178. The highest BCUT2D eigenvalue weighted by Gasteiger charge is 2.35. The van der Waals surface area contributed by atoms with Gasteiger partial charge in [0, 0.05) is 12.2 Å². The van der Waals surface area contributed by atoms with Gasteiger partial charge in [0.1, 0.15) is 11.4 Å². The maximum Gasteiger partial charge on any atom is 0.433 e. The number of hydrogen-bond acceptors (Lipinski definition) is 3. The molecule has 0 aliphatic heterocycles. The number of halogens is 3. The number of benzene rings is 1. The van der Waals surface area contributed by atoms with Gasteiger partial charge in [0.05, 0.1) is 18.8 Å². The van der Waals surface area contributed by atoms with E-state index >= 15 is 0 Å². The molecule has 1 aromatic heterocycles. The molecular formula is C15H18F3N3O. The summed E-state index contributed by atoms with van der Waals surface area (Å²) in [4.78, 5) is 0. The lowest BCUT2D eigenvalue weighted by molar-refractivity contribution is -0.144. The highest BCUT2D eigenvalue weighted by atomic mass is 19.4. The van der Waals surface area contributed by atoms with Gasteiger partial charge in [-0.1, -0.05) is 0 Å². The average molecular weight is 313 g/mol. The van der Waals surface area contributed by atoms with Crippen LogP contribution in [0.15, 0.2) is 30.3 Å². The molecule has 2 rings (SSSR count). The third-order valence-corrected chi connectivity index (χ3v) is 3.06. The first kappa shape index (κ1) is 16.2. The largest absolute Gasteiger partial charge is 0.494 e. The molecule has 0 bridgehead atoms. The molecule has 0 saturated heterocycles. The quantitative estimate of drug-likeness (QED) is 0.878. The summed E-state index contributed by atoms with van der Waals surface area (Å²) in [6, 6.07) is 8.30. The number of anilines is 1. The third kappa shape index (κ3) is 3.93. The number of nitrogens with one attached hydrogen (secondary N) is 1. The van der Waals surface area contributed by atoms with E-state index in [1.54, 1.807) is 19.1 Å². The Morgan fingerprint density at radius 1 is 1.18 bits per heavy atom. The van der Waals surface area contributed by atoms with Crippen LogP contribution in [-0.4, -0.2) is 16.4 Å². The van der Waals surface area contributed by atoms with E-state index in [0.29, 0.717) is 12.3 Å². The highest BCUT2D eigenvalue weighted by molar-refractivity contribution is 5.46. The van der Waals surface area contributed by atoms with Gasteiger partial charge < -0.3 is 10.1 Å². The van der Waals surface area contributed by atoms with Gasteiger partial charge in [0.15, 0.2) is 0 Å². The number of alkyl halides is 3. The van der Waals surface area contributed by atoms with Crippen molar-refractivity contribution in [1.82, 2.24) is 9.78 Å². The number of ether oxygens (including phenoxy) is 1. The summed E-state index contributed by atoms with van der Waals surface area (Å²) < 4.78 is 44.8. The highest BCUT2D eigenvalue weighted by Crippen LogP contribution is 2.30. The lowest BCUT2D eigenvalue weighted by Gasteiger charge is -2.07. The molecule has 0 atom stereocenters. The van der Waals surface area contributed by atoms with E-state index in [0.717, 1.165) is 22.2 Å². The Labute approximate surface area is 126 Å². The Bertz CT molecular complexity index is 605. The fourth-order valence-corrected chi connectivity index (χ4v) is 2.05. The minimum Gasteiger partial charge on any atom is -0.494 e. The van der Waals surface area contributed by atoms with Gasteiger partial charge in [-0.2, -0.15) is 18.3 Å². The predicted octanol–water partition coefficient (Wildman–Crippen LogP) is 3.93. The summed E-state index contributed by atoms with van der Waals surface area (Å²) in [6.07, 6.45) is -4.39. The molecule has 0 spiro atoms. The fourth-order valence-electron chi connectivity index (χ4n) is 2.05. The first-order valence-electron chi connectivity index (χ1n) is 7.04. The summed E-state index contributed by atoms with van der Waals surface area (Å²) in [6.45, 7) is 4.52. The molecule has 0 saturated carbocycles. The molecule has 120 valence electrons.